The van der Waals surface area contributed by atoms with E-state index in [2.05, 4.69) is 22.3 Å². The van der Waals surface area contributed by atoms with Gasteiger partial charge in [-0.15, -0.1) is 0 Å². The number of hydrogen-bond donors (Lipinski definition) is 1. The van der Waals surface area contributed by atoms with Crippen molar-refractivity contribution in [3.8, 4) is 11.5 Å². The van der Waals surface area contributed by atoms with Crippen molar-refractivity contribution in [2.75, 3.05) is 33.9 Å². The van der Waals surface area contributed by atoms with Gasteiger partial charge in [0.15, 0.2) is 11.5 Å². The number of methoxy groups -OCH3 is 2. The lowest BCUT2D eigenvalue weighted by atomic mass is 9.99. The Balaban J connectivity index is 1.55. The molecule has 132 valence electrons. The molecule has 0 fully saturated rings. The number of rotatable bonds is 6. The Labute approximate surface area is 148 Å². The highest BCUT2D eigenvalue weighted by molar-refractivity contribution is 5.94. The molecule has 0 unspecified atom stereocenters. The molecule has 0 saturated heterocycles. The van der Waals surface area contributed by atoms with Crippen LogP contribution in [0.5, 0.6) is 11.5 Å². The molecule has 1 N–H and O–H groups in total. The van der Waals surface area contributed by atoms with Crippen LogP contribution in [-0.2, 0) is 13.0 Å². The summed E-state index contributed by atoms with van der Waals surface area (Å²) in [6.45, 7) is 3.29. The highest BCUT2D eigenvalue weighted by Gasteiger charge is 2.19. The van der Waals surface area contributed by atoms with E-state index in [4.69, 9.17) is 9.47 Å². The van der Waals surface area contributed by atoms with Crippen molar-refractivity contribution in [2.45, 2.75) is 13.0 Å². The molecule has 0 saturated carbocycles. The predicted octanol–water partition coefficient (Wildman–Crippen LogP) is 2.49. The van der Waals surface area contributed by atoms with E-state index in [1.807, 2.05) is 30.3 Å². The van der Waals surface area contributed by atoms with Crippen molar-refractivity contribution in [3.05, 3.63) is 59.2 Å². The molecule has 1 aliphatic heterocycles. The van der Waals surface area contributed by atoms with Gasteiger partial charge in [0, 0.05) is 31.7 Å². The van der Waals surface area contributed by atoms with Crippen LogP contribution in [0.25, 0.3) is 0 Å². The minimum absolute atomic E-state index is 0.0237. The molecule has 0 aliphatic carbocycles. The Morgan fingerprint density at radius 3 is 2.44 bits per heavy atom. The van der Waals surface area contributed by atoms with Gasteiger partial charge >= 0.3 is 0 Å². The fourth-order valence-corrected chi connectivity index (χ4v) is 3.15. The highest BCUT2D eigenvalue weighted by Crippen LogP contribution is 2.33. The van der Waals surface area contributed by atoms with Crippen molar-refractivity contribution >= 4 is 5.91 Å². The number of carbonyl (C=O) groups is 1. The molecule has 2 aromatic carbocycles. The fourth-order valence-electron chi connectivity index (χ4n) is 3.15. The van der Waals surface area contributed by atoms with E-state index >= 15 is 0 Å². The number of fused-ring (bicyclic) bond motifs is 1. The Morgan fingerprint density at radius 2 is 1.76 bits per heavy atom. The first-order chi connectivity index (χ1) is 12.2. The van der Waals surface area contributed by atoms with E-state index in [1.165, 1.54) is 11.1 Å². The molecule has 1 heterocycles. The maximum Gasteiger partial charge on any atom is 0.251 e. The van der Waals surface area contributed by atoms with Gasteiger partial charge in [0.2, 0.25) is 0 Å². The molecule has 3 rings (SSSR count). The van der Waals surface area contributed by atoms with Crippen LogP contribution in [0.4, 0.5) is 0 Å². The molecule has 0 bridgehead atoms. The molecular formula is C20H24N2O3. The lowest BCUT2D eigenvalue weighted by Gasteiger charge is -2.29. The largest absolute Gasteiger partial charge is 0.493 e. The normalized spacial score (nSPS) is 13.8. The summed E-state index contributed by atoms with van der Waals surface area (Å²) in [7, 11) is 3.32. The quantitative estimate of drug-likeness (QED) is 0.878. The van der Waals surface area contributed by atoms with E-state index < -0.39 is 0 Å². The van der Waals surface area contributed by atoms with Crippen LogP contribution in [0.3, 0.4) is 0 Å². The zero-order valence-electron chi connectivity index (χ0n) is 14.7. The van der Waals surface area contributed by atoms with Gasteiger partial charge in [-0.05, 0) is 41.8 Å². The Hall–Kier alpha value is -2.53. The van der Waals surface area contributed by atoms with Crippen LogP contribution in [0.15, 0.2) is 42.5 Å². The number of hydrogen-bond acceptors (Lipinski definition) is 4. The summed E-state index contributed by atoms with van der Waals surface area (Å²) >= 11 is 0. The second-order valence-corrected chi connectivity index (χ2v) is 6.12. The molecule has 0 atom stereocenters. The molecule has 5 heteroatoms. The monoisotopic (exact) mass is 340 g/mol. The standard InChI is InChI=1S/C20H24N2O3/c1-24-18-12-16-8-10-22(14-17(16)13-19(18)25-2)11-9-21-20(23)15-6-4-3-5-7-15/h3-7,12-13H,8-11,14H2,1-2H3,(H,21,23). The van der Waals surface area contributed by atoms with E-state index in [1.54, 1.807) is 14.2 Å². The number of amides is 1. The lowest BCUT2D eigenvalue weighted by Crippen LogP contribution is -2.37. The predicted molar refractivity (Wildman–Crippen MR) is 97.3 cm³/mol. The summed E-state index contributed by atoms with van der Waals surface area (Å²) in [5.74, 6) is 1.52. The van der Waals surface area contributed by atoms with Gasteiger partial charge in [-0.1, -0.05) is 18.2 Å². The van der Waals surface area contributed by atoms with E-state index in [-0.39, 0.29) is 5.91 Å². The van der Waals surface area contributed by atoms with Crippen molar-refractivity contribution in [2.24, 2.45) is 0 Å². The van der Waals surface area contributed by atoms with Gasteiger partial charge in [0.1, 0.15) is 0 Å². The van der Waals surface area contributed by atoms with E-state index in [9.17, 15) is 4.79 Å². The Morgan fingerprint density at radius 1 is 1.08 bits per heavy atom. The lowest BCUT2D eigenvalue weighted by molar-refractivity contribution is 0.0947. The van der Waals surface area contributed by atoms with Crippen molar-refractivity contribution in [1.29, 1.82) is 0 Å². The van der Waals surface area contributed by atoms with Gasteiger partial charge in [-0.25, -0.2) is 0 Å². The first kappa shape index (κ1) is 17.3. The Kier molecular flexibility index (Phi) is 5.56. The van der Waals surface area contributed by atoms with Crippen molar-refractivity contribution in [1.82, 2.24) is 10.2 Å². The first-order valence-electron chi connectivity index (χ1n) is 8.50. The molecule has 5 nitrogen and oxygen atoms in total. The first-order valence-corrected chi connectivity index (χ1v) is 8.50. The second-order valence-electron chi connectivity index (χ2n) is 6.12. The minimum Gasteiger partial charge on any atom is -0.493 e. The Bertz CT molecular complexity index is 731. The average Bonchev–Trinajstić information content (AvgIpc) is 2.67. The van der Waals surface area contributed by atoms with Gasteiger partial charge in [-0.2, -0.15) is 0 Å². The molecule has 1 amide bonds. The summed E-state index contributed by atoms with van der Waals surface area (Å²) in [5.41, 5.74) is 3.27. The fraction of sp³-hybridized carbons (Fsp3) is 0.350. The highest BCUT2D eigenvalue weighted by atomic mass is 16.5. The van der Waals surface area contributed by atoms with E-state index in [0.29, 0.717) is 12.1 Å². The molecule has 0 spiro atoms. The molecule has 25 heavy (non-hydrogen) atoms. The maximum atomic E-state index is 12.1. The molecule has 0 radical (unpaired) electrons. The SMILES string of the molecule is COc1cc2c(cc1OC)CN(CCNC(=O)c1ccccc1)CC2. The van der Waals surface area contributed by atoms with Crippen LogP contribution >= 0.6 is 0 Å². The number of ether oxygens (including phenoxy) is 2. The molecular weight excluding hydrogens is 316 g/mol. The minimum atomic E-state index is -0.0237. The zero-order valence-corrected chi connectivity index (χ0v) is 14.7. The number of carbonyl (C=O) groups excluding carboxylic acids is 1. The zero-order chi connectivity index (χ0) is 17.6. The number of nitrogens with one attached hydrogen (secondary N) is 1. The molecule has 0 aromatic heterocycles. The smallest absolute Gasteiger partial charge is 0.251 e. The summed E-state index contributed by atoms with van der Waals surface area (Å²) in [5, 5.41) is 2.99. The van der Waals surface area contributed by atoms with Crippen LogP contribution in [0.2, 0.25) is 0 Å². The van der Waals surface area contributed by atoms with Crippen molar-refractivity contribution < 1.29 is 14.3 Å². The third-order valence-electron chi connectivity index (χ3n) is 4.55. The van der Waals surface area contributed by atoms with Gasteiger partial charge in [0.25, 0.3) is 5.91 Å². The van der Waals surface area contributed by atoms with E-state index in [0.717, 1.165) is 37.6 Å². The number of nitrogens with zero attached hydrogens (tertiary/aromatic N) is 1. The van der Waals surface area contributed by atoms with Crippen LogP contribution in [0, 0.1) is 0 Å². The summed E-state index contributed by atoms with van der Waals surface area (Å²) in [4.78, 5) is 14.4. The molecule has 2 aromatic rings. The number of benzene rings is 2. The molecule has 1 aliphatic rings. The summed E-state index contributed by atoms with van der Waals surface area (Å²) in [6.07, 6.45) is 0.975. The maximum absolute atomic E-state index is 12.1. The topological polar surface area (TPSA) is 50.8 Å². The van der Waals surface area contributed by atoms with Gasteiger partial charge < -0.3 is 14.8 Å². The third-order valence-corrected chi connectivity index (χ3v) is 4.55. The van der Waals surface area contributed by atoms with Crippen molar-refractivity contribution in [3.63, 3.8) is 0 Å². The summed E-state index contributed by atoms with van der Waals surface area (Å²) < 4.78 is 10.8. The third kappa shape index (κ3) is 4.12. The van der Waals surface area contributed by atoms with Gasteiger partial charge in [-0.3, -0.25) is 9.69 Å². The average molecular weight is 340 g/mol. The second kappa shape index (κ2) is 8.03. The summed E-state index contributed by atoms with van der Waals surface area (Å²) in [6, 6.07) is 13.4. The van der Waals surface area contributed by atoms with Crippen LogP contribution < -0.4 is 14.8 Å². The van der Waals surface area contributed by atoms with Crippen LogP contribution in [0.1, 0.15) is 21.5 Å². The van der Waals surface area contributed by atoms with Crippen LogP contribution in [-0.4, -0.2) is 44.7 Å². The van der Waals surface area contributed by atoms with Gasteiger partial charge in [0.05, 0.1) is 14.2 Å².